The first kappa shape index (κ1) is 25.6. The van der Waals surface area contributed by atoms with E-state index in [4.69, 9.17) is 4.74 Å². The lowest BCUT2D eigenvalue weighted by Gasteiger charge is -2.18. The first-order valence-electron chi connectivity index (χ1n) is 10.2. The summed E-state index contributed by atoms with van der Waals surface area (Å²) in [4.78, 5) is 25.4. The molecule has 0 saturated heterocycles. The average Bonchev–Trinajstić information content (AvgIpc) is 2.76. The molecule has 1 atom stereocenters. The van der Waals surface area contributed by atoms with Crippen LogP contribution in [0.5, 0.6) is 5.75 Å². The second-order valence-electron chi connectivity index (χ2n) is 7.47. The first-order chi connectivity index (χ1) is 15.7. The number of carbonyl (C=O) groups excluding carboxylic acids is 2. The van der Waals surface area contributed by atoms with Gasteiger partial charge in [-0.25, -0.2) is 4.39 Å². The van der Waals surface area contributed by atoms with E-state index in [9.17, 15) is 29.3 Å². The molecule has 1 unspecified atom stereocenters. The minimum absolute atomic E-state index is 0.0975. The van der Waals surface area contributed by atoms with Gasteiger partial charge in [0.2, 0.25) is 5.91 Å². The predicted octanol–water partition coefficient (Wildman–Crippen LogP) is 1.33. The second kappa shape index (κ2) is 12.4. The maximum absolute atomic E-state index is 14.0. The van der Waals surface area contributed by atoms with E-state index in [1.54, 1.807) is 6.07 Å². The summed E-state index contributed by atoms with van der Waals surface area (Å²) in [6.07, 6.45) is 1.38. The zero-order valence-corrected chi connectivity index (χ0v) is 18.4. The number of benzene rings is 2. The van der Waals surface area contributed by atoms with Crippen LogP contribution in [0.25, 0.3) is 6.08 Å². The van der Waals surface area contributed by atoms with Crippen molar-refractivity contribution in [2.75, 3.05) is 20.7 Å². The van der Waals surface area contributed by atoms with Gasteiger partial charge in [-0.15, -0.1) is 0 Å². The summed E-state index contributed by atoms with van der Waals surface area (Å²) >= 11 is 0. The molecular weight excluding hydrogens is 428 g/mol. The molecule has 172 valence electrons. The van der Waals surface area contributed by atoms with Gasteiger partial charge in [0.25, 0.3) is 5.91 Å². The van der Waals surface area contributed by atoms with Crippen LogP contribution in [0.15, 0.2) is 54.1 Å². The molecule has 10 heteroatoms. The van der Waals surface area contributed by atoms with E-state index in [1.807, 2.05) is 30.3 Å². The molecule has 0 saturated carbocycles. The summed E-state index contributed by atoms with van der Waals surface area (Å²) in [5.41, 5.74) is 0.924. The molecule has 0 aliphatic rings. The highest BCUT2D eigenvalue weighted by Crippen LogP contribution is 2.19. The molecule has 3 N–H and O–H groups in total. The van der Waals surface area contributed by atoms with E-state index in [1.165, 1.54) is 31.1 Å². The lowest BCUT2D eigenvalue weighted by Crippen LogP contribution is -2.48. The Hall–Kier alpha value is -3.68. The third-order valence-electron chi connectivity index (χ3n) is 4.56. The Morgan fingerprint density at radius 3 is 2.55 bits per heavy atom. The number of nitrogens with zero attached hydrogens (tertiary/aromatic N) is 2. The lowest BCUT2D eigenvalue weighted by atomic mass is 9.76. The number of likely N-dealkylation sites (N-methyl/N-ethyl adjacent to an activating group) is 1. The molecule has 2 amide bonds. The number of amides is 2. The van der Waals surface area contributed by atoms with Crippen molar-refractivity contribution in [3.05, 3.63) is 71.0 Å². The van der Waals surface area contributed by atoms with Crippen molar-refractivity contribution in [1.29, 1.82) is 5.26 Å². The van der Waals surface area contributed by atoms with Crippen molar-refractivity contribution < 1.29 is 28.8 Å². The standard InChI is InChI=1S/C23H25BFN3O5/c1-28(2)23(30)18(15-26)10-17-11-19(25)14-20(12-17)33-9-8-22(29)27-21(24(31)32)13-16-6-4-3-5-7-16/h3-7,10-12,14,21,31-32H,8-9,13H2,1-2H3,(H,27,29). The van der Waals surface area contributed by atoms with Crippen LogP contribution in [-0.4, -0.2) is 60.5 Å². The predicted molar refractivity (Wildman–Crippen MR) is 121 cm³/mol. The largest absolute Gasteiger partial charge is 0.493 e. The maximum Gasteiger partial charge on any atom is 0.475 e. The van der Waals surface area contributed by atoms with Crippen molar-refractivity contribution in [3.8, 4) is 11.8 Å². The smallest absolute Gasteiger partial charge is 0.475 e. The van der Waals surface area contributed by atoms with Crippen LogP contribution in [0.1, 0.15) is 17.5 Å². The third-order valence-corrected chi connectivity index (χ3v) is 4.56. The second-order valence-corrected chi connectivity index (χ2v) is 7.47. The molecule has 33 heavy (non-hydrogen) atoms. The third kappa shape index (κ3) is 8.41. The Morgan fingerprint density at radius 1 is 1.24 bits per heavy atom. The van der Waals surface area contributed by atoms with Crippen molar-refractivity contribution in [1.82, 2.24) is 10.2 Å². The number of carbonyl (C=O) groups is 2. The monoisotopic (exact) mass is 453 g/mol. The Balaban J connectivity index is 1.97. The topological polar surface area (TPSA) is 123 Å². The molecule has 0 aromatic heterocycles. The van der Waals surface area contributed by atoms with Crippen molar-refractivity contribution >= 4 is 25.0 Å². The van der Waals surface area contributed by atoms with Crippen LogP contribution >= 0.6 is 0 Å². The average molecular weight is 453 g/mol. The molecule has 0 aliphatic carbocycles. The van der Waals surface area contributed by atoms with Crippen LogP contribution in [0.4, 0.5) is 4.39 Å². The van der Waals surface area contributed by atoms with Crippen molar-refractivity contribution in [2.45, 2.75) is 18.8 Å². The minimum atomic E-state index is -1.74. The van der Waals surface area contributed by atoms with E-state index in [2.05, 4.69) is 5.32 Å². The fourth-order valence-electron chi connectivity index (χ4n) is 2.94. The highest BCUT2D eigenvalue weighted by atomic mass is 19.1. The van der Waals surface area contributed by atoms with E-state index in [-0.39, 0.29) is 36.3 Å². The minimum Gasteiger partial charge on any atom is -0.493 e. The molecule has 2 aromatic rings. The molecule has 0 spiro atoms. The van der Waals surface area contributed by atoms with Crippen LogP contribution < -0.4 is 10.1 Å². The maximum atomic E-state index is 14.0. The van der Waals surface area contributed by atoms with Gasteiger partial charge in [-0.3, -0.25) is 9.59 Å². The molecule has 0 fully saturated rings. The van der Waals surface area contributed by atoms with E-state index < -0.39 is 30.7 Å². The molecule has 2 aromatic carbocycles. The van der Waals surface area contributed by atoms with Gasteiger partial charge in [-0.05, 0) is 35.8 Å². The quantitative estimate of drug-likeness (QED) is 0.284. The molecule has 0 heterocycles. The number of rotatable bonds is 10. The van der Waals surface area contributed by atoms with Crippen LogP contribution in [0, 0.1) is 17.1 Å². The molecule has 8 nitrogen and oxygen atoms in total. The molecular formula is C23H25BFN3O5. The van der Waals surface area contributed by atoms with E-state index in [0.29, 0.717) is 0 Å². The number of halogens is 1. The van der Waals surface area contributed by atoms with E-state index in [0.717, 1.165) is 17.7 Å². The lowest BCUT2D eigenvalue weighted by molar-refractivity contribution is -0.124. The first-order valence-corrected chi connectivity index (χ1v) is 10.2. The molecule has 0 radical (unpaired) electrons. The summed E-state index contributed by atoms with van der Waals surface area (Å²) in [7, 11) is 1.25. The highest BCUT2D eigenvalue weighted by Gasteiger charge is 2.25. The van der Waals surface area contributed by atoms with Gasteiger partial charge in [0.05, 0.1) is 19.0 Å². The molecule has 0 aliphatic heterocycles. The Kier molecular flexibility index (Phi) is 9.60. The van der Waals surface area contributed by atoms with Crippen molar-refractivity contribution in [2.24, 2.45) is 0 Å². The number of nitrogens with one attached hydrogen (secondary N) is 1. The Labute approximate surface area is 192 Å². The zero-order chi connectivity index (χ0) is 24.4. The Bertz CT molecular complexity index is 1040. The van der Waals surface area contributed by atoms with Crippen LogP contribution in [0.2, 0.25) is 0 Å². The normalized spacial score (nSPS) is 11.8. The van der Waals surface area contributed by atoms with Gasteiger partial charge >= 0.3 is 7.12 Å². The Morgan fingerprint density at radius 2 is 1.94 bits per heavy atom. The SMILES string of the molecule is CN(C)C(=O)C(C#N)=Cc1cc(F)cc(OCCC(=O)NC(Cc2ccccc2)B(O)O)c1. The van der Waals surface area contributed by atoms with Gasteiger partial charge in [-0.1, -0.05) is 30.3 Å². The van der Waals surface area contributed by atoms with Gasteiger partial charge in [0.15, 0.2) is 0 Å². The van der Waals surface area contributed by atoms with Gasteiger partial charge in [-0.2, -0.15) is 5.26 Å². The van der Waals surface area contributed by atoms with Gasteiger partial charge in [0.1, 0.15) is 23.2 Å². The fraction of sp³-hybridized carbons (Fsp3) is 0.261. The summed E-state index contributed by atoms with van der Waals surface area (Å²) in [5, 5.41) is 30.9. The van der Waals surface area contributed by atoms with Crippen molar-refractivity contribution in [3.63, 3.8) is 0 Å². The number of hydrogen-bond acceptors (Lipinski definition) is 6. The highest BCUT2D eigenvalue weighted by molar-refractivity contribution is 6.43. The summed E-state index contributed by atoms with van der Waals surface area (Å²) in [6.45, 7) is -0.0975. The summed E-state index contributed by atoms with van der Waals surface area (Å²) in [5.74, 6) is -2.40. The summed E-state index contributed by atoms with van der Waals surface area (Å²) in [6, 6.07) is 14.6. The van der Waals surface area contributed by atoms with Gasteiger partial charge in [0, 0.05) is 20.2 Å². The molecule has 0 bridgehead atoms. The van der Waals surface area contributed by atoms with Crippen LogP contribution in [0.3, 0.4) is 0 Å². The van der Waals surface area contributed by atoms with Crippen LogP contribution in [-0.2, 0) is 16.0 Å². The fourth-order valence-corrected chi connectivity index (χ4v) is 2.94. The number of ether oxygens (including phenoxy) is 1. The van der Waals surface area contributed by atoms with E-state index >= 15 is 0 Å². The zero-order valence-electron chi connectivity index (χ0n) is 18.4. The molecule has 2 rings (SSSR count). The summed E-state index contributed by atoms with van der Waals surface area (Å²) < 4.78 is 19.4. The number of nitriles is 1. The van der Waals surface area contributed by atoms with Gasteiger partial charge < -0.3 is 25.0 Å². The number of hydrogen-bond donors (Lipinski definition) is 3.